The fourth-order valence-electron chi connectivity index (χ4n) is 7.67. The SMILES string of the molecule is C=C/C=C\c1c2c(cc3ccccc13)Oc1c(cccc1-c1ccc3cc(-c4ccc5c(c4)C(C)(C)C(C=C)=C5C=C)ccc3c1)C2. The van der Waals surface area contributed by atoms with E-state index in [0.29, 0.717) is 0 Å². The summed E-state index contributed by atoms with van der Waals surface area (Å²) in [6, 6.07) is 37.6. The standard InChI is InChI=1S/C46H36O/c1-6-9-15-39-37-16-11-10-13-33(37)28-44-41(39)26-35-14-12-17-38(45(35)47-44)34-21-20-29-24-30(18-19-31(29)25-34)32-22-23-40-36(7-2)42(8-3)46(4,5)43(40)27-32/h6-25,27-28H,1-3,26H2,4-5H3/b15-9-. The molecule has 0 aromatic heterocycles. The van der Waals surface area contributed by atoms with Gasteiger partial charge in [0, 0.05) is 23.0 Å². The predicted octanol–water partition coefficient (Wildman–Crippen LogP) is 12.6. The lowest BCUT2D eigenvalue weighted by atomic mass is 9.80. The van der Waals surface area contributed by atoms with Crippen LogP contribution in [0.2, 0.25) is 0 Å². The number of hydrogen-bond acceptors (Lipinski definition) is 1. The minimum absolute atomic E-state index is 0.114. The molecule has 6 aromatic rings. The number of hydrogen-bond donors (Lipinski definition) is 0. The minimum Gasteiger partial charge on any atom is -0.456 e. The van der Waals surface area contributed by atoms with Crippen molar-refractivity contribution in [2.45, 2.75) is 25.7 Å². The van der Waals surface area contributed by atoms with Crippen molar-refractivity contribution in [1.29, 1.82) is 0 Å². The van der Waals surface area contributed by atoms with E-state index in [1.54, 1.807) is 0 Å². The molecule has 47 heavy (non-hydrogen) atoms. The summed E-state index contributed by atoms with van der Waals surface area (Å²) in [6.07, 6.45) is 10.8. The van der Waals surface area contributed by atoms with Gasteiger partial charge in [0.25, 0.3) is 0 Å². The van der Waals surface area contributed by atoms with Gasteiger partial charge in [-0.3, -0.25) is 0 Å². The Balaban J connectivity index is 1.16. The maximum atomic E-state index is 6.79. The highest BCUT2D eigenvalue weighted by atomic mass is 16.5. The largest absolute Gasteiger partial charge is 0.456 e. The Bertz CT molecular complexity index is 2380. The fourth-order valence-corrected chi connectivity index (χ4v) is 7.67. The van der Waals surface area contributed by atoms with Crippen molar-refractivity contribution >= 4 is 33.2 Å². The molecule has 8 rings (SSSR count). The van der Waals surface area contributed by atoms with Gasteiger partial charge in [-0.15, -0.1) is 0 Å². The highest BCUT2D eigenvalue weighted by Gasteiger charge is 2.35. The first-order valence-corrected chi connectivity index (χ1v) is 16.2. The number of para-hydroxylation sites is 1. The quantitative estimate of drug-likeness (QED) is 0.172. The van der Waals surface area contributed by atoms with Gasteiger partial charge in [0.15, 0.2) is 0 Å². The smallest absolute Gasteiger partial charge is 0.138 e. The molecule has 0 spiro atoms. The van der Waals surface area contributed by atoms with Crippen LogP contribution in [-0.4, -0.2) is 0 Å². The molecule has 0 fully saturated rings. The summed E-state index contributed by atoms with van der Waals surface area (Å²) in [4.78, 5) is 0. The summed E-state index contributed by atoms with van der Waals surface area (Å²) in [5, 5.41) is 4.81. The summed E-state index contributed by atoms with van der Waals surface area (Å²) in [6.45, 7) is 16.6. The zero-order valence-electron chi connectivity index (χ0n) is 26.9. The molecule has 1 heteroatoms. The molecule has 0 saturated carbocycles. The van der Waals surface area contributed by atoms with Crippen LogP contribution < -0.4 is 4.74 Å². The Morgan fingerprint density at radius 3 is 2.21 bits per heavy atom. The summed E-state index contributed by atoms with van der Waals surface area (Å²) < 4.78 is 6.79. The van der Waals surface area contributed by atoms with Crippen LogP contribution in [0.4, 0.5) is 0 Å². The lowest BCUT2D eigenvalue weighted by molar-refractivity contribution is 0.462. The van der Waals surface area contributed by atoms with Crippen LogP contribution in [-0.2, 0) is 11.8 Å². The molecule has 1 aliphatic heterocycles. The molecule has 0 bridgehead atoms. The van der Waals surface area contributed by atoms with Crippen molar-refractivity contribution < 1.29 is 4.74 Å². The Morgan fingerprint density at radius 2 is 1.43 bits per heavy atom. The number of allylic oxidation sites excluding steroid dienone is 6. The molecule has 0 atom stereocenters. The van der Waals surface area contributed by atoms with Gasteiger partial charge >= 0.3 is 0 Å². The molecule has 1 heterocycles. The molecule has 2 aliphatic rings. The van der Waals surface area contributed by atoms with Crippen LogP contribution in [0.5, 0.6) is 11.5 Å². The third-order valence-corrected chi connectivity index (χ3v) is 10.1. The molecule has 1 aliphatic carbocycles. The van der Waals surface area contributed by atoms with Crippen molar-refractivity contribution in [2.24, 2.45) is 0 Å². The van der Waals surface area contributed by atoms with E-state index in [9.17, 15) is 0 Å². The highest BCUT2D eigenvalue weighted by Crippen LogP contribution is 2.49. The zero-order chi connectivity index (χ0) is 32.3. The second-order valence-corrected chi connectivity index (χ2v) is 13.1. The van der Waals surface area contributed by atoms with Crippen LogP contribution in [0.1, 0.15) is 41.7 Å². The van der Waals surface area contributed by atoms with Crippen LogP contribution >= 0.6 is 0 Å². The maximum Gasteiger partial charge on any atom is 0.138 e. The third-order valence-electron chi connectivity index (χ3n) is 10.1. The monoisotopic (exact) mass is 604 g/mol. The van der Waals surface area contributed by atoms with E-state index < -0.39 is 0 Å². The van der Waals surface area contributed by atoms with Crippen molar-refractivity contribution in [3.63, 3.8) is 0 Å². The number of ether oxygens (including phenoxy) is 1. The molecule has 1 nitrogen and oxygen atoms in total. The van der Waals surface area contributed by atoms with Gasteiger partial charge < -0.3 is 4.74 Å². The van der Waals surface area contributed by atoms with Gasteiger partial charge in [-0.2, -0.15) is 0 Å². The van der Waals surface area contributed by atoms with Gasteiger partial charge in [0.2, 0.25) is 0 Å². The van der Waals surface area contributed by atoms with Gasteiger partial charge in [-0.1, -0.05) is 143 Å². The molecule has 226 valence electrons. The highest BCUT2D eigenvalue weighted by molar-refractivity contribution is 5.96. The van der Waals surface area contributed by atoms with E-state index in [-0.39, 0.29) is 5.41 Å². The fraction of sp³-hybridized carbons (Fsp3) is 0.0870. The summed E-state index contributed by atoms with van der Waals surface area (Å²) in [7, 11) is 0. The van der Waals surface area contributed by atoms with Crippen molar-refractivity contribution in [1.82, 2.24) is 0 Å². The number of fused-ring (bicyclic) bond motifs is 5. The van der Waals surface area contributed by atoms with E-state index in [0.717, 1.165) is 29.0 Å². The second kappa shape index (κ2) is 11.0. The number of rotatable bonds is 6. The molecular formula is C46H36O. The van der Waals surface area contributed by atoms with Crippen LogP contribution in [0.3, 0.4) is 0 Å². The normalized spacial score (nSPS) is 14.5. The van der Waals surface area contributed by atoms with E-state index in [4.69, 9.17) is 4.74 Å². The Labute approximate surface area is 277 Å². The van der Waals surface area contributed by atoms with E-state index in [1.807, 2.05) is 24.3 Å². The van der Waals surface area contributed by atoms with Gasteiger partial charge in [0.05, 0.1) is 0 Å². The first kappa shape index (κ1) is 28.8. The average molecular weight is 605 g/mol. The molecule has 0 unspecified atom stereocenters. The van der Waals surface area contributed by atoms with Gasteiger partial charge in [-0.05, 0) is 95.9 Å². The minimum atomic E-state index is -0.114. The predicted molar refractivity (Wildman–Crippen MR) is 201 cm³/mol. The first-order valence-electron chi connectivity index (χ1n) is 16.2. The molecule has 0 N–H and O–H groups in total. The molecule has 0 radical (unpaired) electrons. The summed E-state index contributed by atoms with van der Waals surface area (Å²) in [5.74, 6) is 1.86. The third kappa shape index (κ3) is 4.54. The molecular weight excluding hydrogens is 569 g/mol. The molecule has 0 saturated heterocycles. The Kier molecular flexibility index (Phi) is 6.74. The van der Waals surface area contributed by atoms with Crippen molar-refractivity contribution in [2.75, 3.05) is 0 Å². The number of benzene rings is 6. The van der Waals surface area contributed by atoms with E-state index >= 15 is 0 Å². The molecule has 0 amide bonds. The lowest BCUT2D eigenvalue weighted by Gasteiger charge is -2.25. The Hall–Kier alpha value is -5.66. The Morgan fingerprint density at radius 1 is 0.681 bits per heavy atom. The zero-order valence-corrected chi connectivity index (χ0v) is 26.9. The van der Waals surface area contributed by atoms with Crippen LogP contribution in [0, 0.1) is 0 Å². The topological polar surface area (TPSA) is 9.23 Å². The van der Waals surface area contributed by atoms with Crippen LogP contribution in [0.25, 0.3) is 55.4 Å². The summed E-state index contributed by atoms with van der Waals surface area (Å²) >= 11 is 0. The lowest BCUT2D eigenvalue weighted by Crippen LogP contribution is -2.16. The van der Waals surface area contributed by atoms with Gasteiger partial charge in [-0.25, -0.2) is 0 Å². The average Bonchev–Trinajstić information content (AvgIpc) is 3.32. The maximum absolute atomic E-state index is 6.79. The van der Waals surface area contributed by atoms with Crippen molar-refractivity contribution in [3.8, 4) is 33.8 Å². The van der Waals surface area contributed by atoms with E-state index in [1.165, 1.54) is 71.6 Å². The van der Waals surface area contributed by atoms with Crippen LogP contribution in [0.15, 0.2) is 153 Å². The first-order chi connectivity index (χ1) is 22.9. The van der Waals surface area contributed by atoms with E-state index in [2.05, 4.69) is 143 Å². The summed E-state index contributed by atoms with van der Waals surface area (Å²) in [5.41, 5.74) is 13.2. The van der Waals surface area contributed by atoms with Gasteiger partial charge in [0.1, 0.15) is 11.5 Å². The molecule has 6 aromatic carbocycles. The van der Waals surface area contributed by atoms with Crippen molar-refractivity contribution in [3.05, 3.63) is 181 Å². The second-order valence-electron chi connectivity index (χ2n) is 13.1.